The van der Waals surface area contributed by atoms with Crippen LogP contribution in [0.2, 0.25) is 10.0 Å². The van der Waals surface area contributed by atoms with Crippen molar-refractivity contribution in [1.82, 2.24) is 5.32 Å². The first kappa shape index (κ1) is 15.1. The van der Waals surface area contributed by atoms with Crippen molar-refractivity contribution in [1.29, 1.82) is 0 Å². The molecule has 1 unspecified atom stereocenters. The van der Waals surface area contributed by atoms with Gasteiger partial charge in [0, 0.05) is 29.2 Å². The van der Waals surface area contributed by atoms with E-state index in [9.17, 15) is 10.2 Å². The third-order valence-electron chi connectivity index (χ3n) is 2.99. The first-order chi connectivity index (χ1) is 9.59. The van der Waals surface area contributed by atoms with Gasteiger partial charge in [0.25, 0.3) is 0 Å². The van der Waals surface area contributed by atoms with Gasteiger partial charge in [-0.25, -0.2) is 0 Å². The lowest BCUT2D eigenvalue weighted by molar-refractivity contribution is 0.174. The Kier molecular flexibility index (Phi) is 5.26. The van der Waals surface area contributed by atoms with E-state index >= 15 is 0 Å². The normalized spacial score (nSPS) is 12.3. The minimum Gasteiger partial charge on any atom is -0.506 e. The Balaban J connectivity index is 1.93. The van der Waals surface area contributed by atoms with Crippen molar-refractivity contribution in [3.05, 3.63) is 63.6 Å². The predicted octanol–water partition coefficient (Wildman–Crippen LogP) is 3.52. The van der Waals surface area contributed by atoms with Gasteiger partial charge in [0.05, 0.1) is 11.1 Å². The maximum Gasteiger partial charge on any atom is 0.138 e. The molecule has 3 nitrogen and oxygen atoms in total. The van der Waals surface area contributed by atoms with Crippen LogP contribution < -0.4 is 5.32 Å². The monoisotopic (exact) mass is 311 g/mol. The number of phenols is 1. The van der Waals surface area contributed by atoms with Gasteiger partial charge < -0.3 is 15.5 Å². The van der Waals surface area contributed by atoms with Gasteiger partial charge in [0.2, 0.25) is 0 Å². The summed E-state index contributed by atoms with van der Waals surface area (Å²) >= 11 is 11.8. The predicted molar refractivity (Wildman–Crippen MR) is 81.2 cm³/mol. The van der Waals surface area contributed by atoms with E-state index in [1.165, 1.54) is 0 Å². The molecule has 0 bridgehead atoms. The molecule has 2 aromatic rings. The highest BCUT2D eigenvalue weighted by Gasteiger charge is 2.11. The second-order valence-electron chi connectivity index (χ2n) is 4.42. The zero-order valence-electron chi connectivity index (χ0n) is 10.7. The highest BCUT2D eigenvalue weighted by Crippen LogP contribution is 2.27. The lowest BCUT2D eigenvalue weighted by atomic mass is 10.1. The number of para-hydroxylation sites is 1. The van der Waals surface area contributed by atoms with E-state index in [1.54, 1.807) is 30.3 Å². The number of halogens is 2. The van der Waals surface area contributed by atoms with Gasteiger partial charge in [-0.15, -0.1) is 0 Å². The molecule has 1 atom stereocenters. The maximum atomic E-state index is 10.1. The largest absolute Gasteiger partial charge is 0.506 e. The molecule has 0 aliphatic heterocycles. The summed E-state index contributed by atoms with van der Waals surface area (Å²) in [7, 11) is 0. The second-order valence-corrected chi connectivity index (χ2v) is 5.23. The summed E-state index contributed by atoms with van der Waals surface area (Å²) in [5, 5.41) is 23.8. The van der Waals surface area contributed by atoms with Gasteiger partial charge in [-0.05, 0) is 12.1 Å². The molecular formula is C15H15Cl2NO2. The van der Waals surface area contributed by atoms with Crippen LogP contribution in [-0.2, 0) is 6.54 Å². The summed E-state index contributed by atoms with van der Waals surface area (Å²) in [6.45, 7) is 0.740. The second kappa shape index (κ2) is 6.95. The van der Waals surface area contributed by atoms with Crippen LogP contribution >= 0.6 is 23.2 Å². The zero-order chi connectivity index (χ0) is 14.5. The Morgan fingerprint density at radius 1 is 1.00 bits per heavy atom. The lowest BCUT2D eigenvalue weighted by Crippen LogP contribution is -2.21. The van der Waals surface area contributed by atoms with Crippen LogP contribution in [0.5, 0.6) is 5.75 Å². The van der Waals surface area contributed by atoms with Gasteiger partial charge >= 0.3 is 0 Å². The molecule has 0 fully saturated rings. The number of nitrogens with one attached hydrogen (secondary N) is 1. The van der Waals surface area contributed by atoms with E-state index in [4.69, 9.17) is 23.2 Å². The van der Waals surface area contributed by atoms with E-state index in [-0.39, 0.29) is 5.75 Å². The Hall–Kier alpha value is -1.26. The zero-order valence-corrected chi connectivity index (χ0v) is 12.2. The minimum absolute atomic E-state index is 0.0638. The van der Waals surface area contributed by atoms with Gasteiger partial charge in [-0.1, -0.05) is 53.5 Å². The third kappa shape index (κ3) is 3.64. The van der Waals surface area contributed by atoms with E-state index < -0.39 is 6.10 Å². The lowest BCUT2D eigenvalue weighted by Gasteiger charge is -2.14. The van der Waals surface area contributed by atoms with E-state index in [1.807, 2.05) is 12.1 Å². The van der Waals surface area contributed by atoms with Crippen molar-refractivity contribution in [2.75, 3.05) is 6.54 Å². The number of aromatic hydroxyl groups is 1. The van der Waals surface area contributed by atoms with Gasteiger partial charge in [0.1, 0.15) is 5.75 Å². The van der Waals surface area contributed by atoms with Crippen LogP contribution in [0.25, 0.3) is 0 Å². The number of hydrogen-bond donors (Lipinski definition) is 3. The van der Waals surface area contributed by atoms with Crippen LogP contribution in [0.4, 0.5) is 0 Å². The molecule has 0 aliphatic rings. The Morgan fingerprint density at radius 3 is 2.45 bits per heavy atom. The van der Waals surface area contributed by atoms with Crippen molar-refractivity contribution in [2.45, 2.75) is 12.6 Å². The summed E-state index contributed by atoms with van der Waals surface area (Å²) < 4.78 is 0. The first-order valence-corrected chi connectivity index (χ1v) is 6.94. The average Bonchev–Trinajstić information content (AvgIpc) is 2.44. The minimum atomic E-state index is -0.704. The molecule has 0 saturated heterocycles. The van der Waals surface area contributed by atoms with Crippen LogP contribution in [0.1, 0.15) is 17.2 Å². The summed E-state index contributed by atoms with van der Waals surface area (Å²) in [4.78, 5) is 0. The van der Waals surface area contributed by atoms with E-state index in [0.717, 1.165) is 0 Å². The molecule has 0 saturated carbocycles. The van der Waals surface area contributed by atoms with Gasteiger partial charge in [-0.2, -0.15) is 0 Å². The number of phenolic OH excluding ortho intramolecular Hbond substituents is 1. The van der Waals surface area contributed by atoms with Crippen molar-refractivity contribution in [3.63, 3.8) is 0 Å². The molecule has 0 aromatic heterocycles. The molecule has 0 spiro atoms. The Bertz CT molecular complexity index is 590. The molecule has 0 radical (unpaired) electrons. The standard InChI is InChI=1S/C15H15Cl2NO2/c16-12-6-2-1-5-11(12)14(19)9-18-8-10-4-3-7-13(17)15(10)20/h1-7,14,18-20H,8-9H2. The molecule has 0 amide bonds. The Morgan fingerprint density at radius 2 is 1.70 bits per heavy atom. The van der Waals surface area contributed by atoms with Crippen molar-refractivity contribution in [3.8, 4) is 5.75 Å². The first-order valence-electron chi connectivity index (χ1n) is 6.19. The summed E-state index contributed by atoms with van der Waals surface area (Å²) in [6, 6.07) is 12.3. The molecular weight excluding hydrogens is 297 g/mol. The number of rotatable bonds is 5. The molecule has 106 valence electrons. The maximum absolute atomic E-state index is 10.1. The van der Waals surface area contributed by atoms with Gasteiger partial charge in [0.15, 0.2) is 0 Å². The average molecular weight is 312 g/mol. The molecule has 3 N–H and O–H groups in total. The molecule has 5 heteroatoms. The fourth-order valence-corrected chi connectivity index (χ4v) is 2.36. The SMILES string of the molecule is Oc1c(Cl)cccc1CNCC(O)c1ccccc1Cl. The smallest absolute Gasteiger partial charge is 0.138 e. The van der Waals surface area contributed by atoms with Crippen molar-refractivity contribution < 1.29 is 10.2 Å². The summed E-state index contributed by atoms with van der Waals surface area (Å²) in [5.74, 6) is 0.0638. The van der Waals surface area contributed by atoms with Crippen LogP contribution in [-0.4, -0.2) is 16.8 Å². The van der Waals surface area contributed by atoms with E-state index in [0.29, 0.717) is 34.3 Å². The fraction of sp³-hybridized carbons (Fsp3) is 0.200. The quantitative estimate of drug-likeness (QED) is 0.792. The molecule has 2 aromatic carbocycles. The fourth-order valence-electron chi connectivity index (χ4n) is 1.90. The van der Waals surface area contributed by atoms with Crippen molar-refractivity contribution >= 4 is 23.2 Å². The van der Waals surface area contributed by atoms with Crippen LogP contribution in [0, 0.1) is 0 Å². The molecule has 0 aliphatic carbocycles. The summed E-state index contributed by atoms with van der Waals surface area (Å²) in [5.41, 5.74) is 1.36. The third-order valence-corrected chi connectivity index (χ3v) is 3.64. The van der Waals surface area contributed by atoms with E-state index in [2.05, 4.69) is 5.32 Å². The van der Waals surface area contributed by atoms with Crippen molar-refractivity contribution in [2.24, 2.45) is 0 Å². The number of aliphatic hydroxyl groups is 1. The summed E-state index contributed by atoms with van der Waals surface area (Å²) in [6.07, 6.45) is -0.704. The number of aliphatic hydroxyl groups excluding tert-OH is 1. The van der Waals surface area contributed by atoms with Crippen LogP contribution in [0.3, 0.4) is 0 Å². The number of benzene rings is 2. The molecule has 20 heavy (non-hydrogen) atoms. The van der Waals surface area contributed by atoms with Gasteiger partial charge in [-0.3, -0.25) is 0 Å². The molecule has 2 rings (SSSR count). The van der Waals surface area contributed by atoms with Crippen LogP contribution in [0.15, 0.2) is 42.5 Å². The highest BCUT2D eigenvalue weighted by molar-refractivity contribution is 6.32. The highest BCUT2D eigenvalue weighted by atomic mass is 35.5. The number of hydrogen-bond acceptors (Lipinski definition) is 3. The topological polar surface area (TPSA) is 52.5 Å². The molecule has 0 heterocycles. The Labute approximate surface area is 127 Å².